The summed E-state index contributed by atoms with van der Waals surface area (Å²) in [6.07, 6.45) is 0. The molecule has 0 aliphatic heterocycles. The van der Waals surface area contributed by atoms with E-state index in [1.54, 1.807) is 24.3 Å². The van der Waals surface area contributed by atoms with E-state index in [-0.39, 0.29) is 33.7 Å². The van der Waals surface area contributed by atoms with Gasteiger partial charge in [0.1, 0.15) is 20.2 Å². The first-order valence-corrected chi connectivity index (χ1v) is 8.87. The van der Waals surface area contributed by atoms with Gasteiger partial charge < -0.3 is 9.11 Å². The van der Waals surface area contributed by atoms with Crippen molar-refractivity contribution < 1.29 is 25.9 Å². The maximum atomic E-state index is 10.4. The van der Waals surface area contributed by atoms with Gasteiger partial charge in [-0.15, -0.1) is 0 Å². The molecule has 2 aromatic rings. The molecule has 0 amide bonds. The molecular weight excluding hydrogens is 447 g/mol. The standard InChI is InChI=1S/2C7H8O3S.Sn.2H/c2*1-6-2-4-7(5-3-6)11(8,9)10;;;/h2*2-5H,1H3,(H,8,9,10);;;/q;;+2;;/p-2. The van der Waals surface area contributed by atoms with Crippen LogP contribution in [-0.4, -0.2) is 49.8 Å². The van der Waals surface area contributed by atoms with Gasteiger partial charge in [0.05, 0.1) is 9.79 Å². The number of rotatable bonds is 2. The van der Waals surface area contributed by atoms with Crippen molar-refractivity contribution in [2.75, 3.05) is 0 Å². The average Bonchev–Trinajstić information content (AvgIpc) is 2.38. The Morgan fingerprint density at radius 1 is 0.609 bits per heavy atom. The second-order valence-electron chi connectivity index (χ2n) is 4.53. The van der Waals surface area contributed by atoms with Gasteiger partial charge in [-0.25, -0.2) is 16.8 Å². The van der Waals surface area contributed by atoms with Gasteiger partial charge in [0, 0.05) is 0 Å². The molecule has 2 aromatic carbocycles. The Morgan fingerprint density at radius 2 is 0.826 bits per heavy atom. The number of hydrogen-bond acceptors (Lipinski definition) is 6. The average molecular weight is 463 g/mol. The van der Waals surface area contributed by atoms with Gasteiger partial charge in [0.2, 0.25) is 0 Å². The molecule has 124 valence electrons. The van der Waals surface area contributed by atoms with Crippen LogP contribution in [0.1, 0.15) is 11.1 Å². The van der Waals surface area contributed by atoms with E-state index in [4.69, 9.17) is 0 Å². The van der Waals surface area contributed by atoms with Crippen molar-refractivity contribution in [1.82, 2.24) is 0 Å². The van der Waals surface area contributed by atoms with E-state index in [0.717, 1.165) is 11.1 Å². The third kappa shape index (κ3) is 7.93. The van der Waals surface area contributed by atoms with Crippen LogP contribution in [0.3, 0.4) is 0 Å². The number of aryl methyl sites for hydroxylation is 2. The third-order valence-electron chi connectivity index (χ3n) is 2.62. The fourth-order valence-corrected chi connectivity index (χ4v) is 2.35. The molecule has 0 radical (unpaired) electrons. The predicted octanol–water partition coefficient (Wildman–Crippen LogP) is 0.882. The fraction of sp³-hybridized carbons (Fsp3) is 0.143. The van der Waals surface area contributed by atoms with E-state index in [1.807, 2.05) is 13.8 Å². The summed E-state index contributed by atoms with van der Waals surface area (Å²) >= 11 is 0. The number of benzene rings is 2. The van der Waals surface area contributed by atoms with Crippen molar-refractivity contribution in [3.8, 4) is 0 Å². The monoisotopic (exact) mass is 464 g/mol. The van der Waals surface area contributed by atoms with Crippen LogP contribution in [0.2, 0.25) is 0 Å². The van der Waals surface area contributed by atoms with Gasteiger partial charge in [-0.2, -0.15) is 0 Å². The van der Waals surface area contributed by atoms with E-state index in [1.165, 1.54) is 24.3 Å². The summed E-state index contributed by atoms with van der Waals surface area (Å²) in [4.78, 5) is -0.355. The van der Waals surface area contributed by atoms with Crippen LogP contribution in [0.15, 0.2) is 58.3 Å². The Bertz CT molecular complexity index is 752. The zero-order chi connectivity index (χ0) is 17.0. The van der Waals surface area contributed by atoms with Gasteiger partial charge in [-0.3, -0.25) is 0 Å². The summed E-state index contributed by atoms with van der Waals surface area (Å²) in [5, 5.41) is 0. The molecule has 0 fully saturated rings. The topological polar surface area (TPSA) is 114 Å². The van der Waals surface area contributed by atoms with Crippen LogP contribution in [0.5, 0.6) is 0 Å². The van der Waals surface area contributed by atoms with Crippen LogP contribution in [-0.2, 0) is 20.2 Å². The number of hydrogen-bond donors (Lipinski definition) is 0. The van der Waals surface area contributed by atoms with Crippen LogP contribution in [0.4, 0.5) is 0 Å². The van der Waals surface area contributed by atoms with Gasteiger partial charge in [-0.05, 0) is 38.1 Å². The normalized spacial score (nSPS) is 11.0. The minimum absolute atomic E-state index is 0. The van der Waals surface area contributed by atoms with Gasteiger partial charge in [0.25, 0.3) is 0 Å². The molecule has 2 rings (SSSR count). The molecule has 0 saturated heterocycles. The molecule has 9 heteroatoms. The molecule has 0 unspecified atom stereocenters. The molecule has 0 saturated carbocycles. The first-order chi connectivity index (χ1) is 10.00. The molecule has 0 aromatic heterocycles. The van der Waals surface area contributed by atoms with Crippen molar-refractivity contribution in [2.24, 2.45) is 0 Å². The van der Waals surface area contributed by atoms with Gasteiger partial charge in [0.15, 0.2) is 0 Å². The van der Waals surface area contributed by atoms with Crippen LogP contribution >= 0.6 is 0 Å². The molecular formula is C14H16O6S2Sn. The predicted molar refractivity (Wildman–Crippen MR) is 86.8 cm³/mol. The van der Waals surface area contributed by atoms with Crippen molar-refractivity contribution >= 4 is 44.1 Å². The zero-order valence-electron chi connectivity index (χ0n) is 12.6. The molecule has 0 heterocycles. The molecule has 0 bridgehead atoms. The Morgan fingerprint density at radius 3 is 1.00 bits per heavy atom. The third-order valence-corrected chi connectivity index (χ3v) is 4.32. The second kappa shape index (κ2) is 8.78. The molecule has 0 N–H and O–H groups in total. The van der Waals surface area contributed by atoms with E-state index in [0.29, 0.717) is 0 Å². The minimum atomic E-state index is -4.27. The zero-order valence-corrected chi connectivity index (χ0v) is 18.3. The van der Waals surface area contributed by atoms with Crippen LogP contribution in [0, 0.1) is 13.8 Å². The molecule has 0 aliphatic carbocycles. The molecule has 23 heavy (non-hydrogen) atoms. The summed E-state index contributed by atoms with van der Waals surface area (Å²) in [5.41, 5.74) is 1.86. The second-order valence-corrected chi connectivity index (χ2v) is 7.29. The molecule has 0 atom stereocenters. The Labute approximate surface area is 153 Å². The van der Waals surface area contributed by atoms with Gasteiger partial charge in [-0.1, -0.05) is 35.4 Å². The SMILES string of the molecule is Cc1ccc(S(=O)(=O)[O-])cc1.Cc1ccc(S(=O)(=O)[O-])cc1.[SnH2+2]. The summed E-state index contributed by atoms with van der Waals surface area (Å²) in [7, 11) is -8.54. The molecule has 0 spiro atoms. The van der Waals surface area contributed by atoms with E-state index >= 15 is 0 Å². The quantitative estimate of drug-likeness (QED) is 0.483. The van der Waals surface area contributed by atoms with Crippen LogP contribution < -0.4 is 0 Å². The summed E-state index contributed by atoms with van der Waals surface area (Å²) in [5.74, 6) is 0. The van der Waals surface area contributed by atoms with Crippen LogP contribution in [0.25, 0.3) is 0 Å². The maximum absolute atomic E-state index is 10.4. The molecule has 0 aliphatic rings. The first kappa shape index (κ1) is 22.1. The fourth-order valence-electron chi connectivity index (χ4n) is 1.41. The summed E-state index contributed by atoms with van der Waals surface area (Å²) in [6, 6.07) is 11.6. The molecule has 6 nitrogen and oxygen atoms in total. The Balaban J connectivity index is 0.000000403. The Hall–Kier alpha value is -0.941. The summed E-state index contributed by atoms with van der Waals surface area (Å²) in [6.45, 7) is 3.64. The van der Waals surface area contributed by atoms with E-state index < -0.39 is 20.2 Å². The first-order valence-electron chi connectivity index (χ1n) is 6.05. The van der Waals surface area contributed by atoms with Crippen molar-refractivity contribution in [1.29, 1.82) is 0 Å². The Kier molecular flexibility index (Phi) is 8.42. The van der Waals surface area contributed by atoms with E-state index in [9.17, 15) is 25.9 Å². The van der Waals surface area contributed by atoms with Crippen molar-refractivity contribution in [2.45, 2.75) is 23.6 Å². The summed E-state index contributed by atoms with van der Waals surface area (Å²) < 4.78 is 62.3. The van der Waals surface area contributed by atoms with E-state index in [2.05, 4.69) is 0 Å². The van der Waals surface area contributed by atoms with Crippen molar-refractivity contribution in [3.63, 3.8) is 0 Å². The van der Waals surface area contributed by atoms with Gasteiger partial charge >= 0.3 is 23.9 Å². The van der Waals surface area contributed by atoms with Crippen molar-refractivity contribution in [3.05, 3.63) is 59.7 Å².